The third kappa shape index (κ3) is 2.43. The molecule has 1 unspecified atom stereocenters. The fourth-order valence-electron chi connectivity index (χ4n) is 1.17. The first kappa shape index (κ1) is 8.28. The van der Waals surface area contributed by atoms with Crippen molar-refractivity contribution in [3.63, 3.8) is 0 Å². The molecule has 10 heavy (non-hydrogen) atoms. The van der Waals surface area contributed by atoms with Crippen molar-refractivity contribution in [2.45, 2.75) is 38.2 Å². The molecule has 0 amide bonds. The van der Waals surface area contributed by atoms with Crippen LogP contribution in [0.5, 0.6) is 0 Å². The number of rotatable bonds is 0. The highest BCUT2D eigenvalue weighted by Gasteiger charge is 2.08. The van der Waals surface area contributed by atoms with Gasteiger partial charge in [0.2, 0.25) is 0 Å². The van der Waals surface area contributed by atoms with Gasteiger partial charge < -0.3 is 5.11 Å². The van der Waals surface area contributed by atoms with E-state index >= 15 is 0 Å². The summed E-state index contributed by atoms with van der Waals surface area (Å²) in [5, 5.41) is 9.37. The number of hydrogen-bond acceptors (Lipinski definition) is 1. The highest BCUT2D eigenvalue weighted by Crippen LogP contribution is 2.21. The van der Waals surface area contributed by atoms with Gasteiger partial charge in [0.15, 0.2) is 0 Å². The van der Waals surface area contributed by atoms with E-state index in [1.54, 1.807) is 0 Å². The Balaban J connectivity index is 2.48. The van der Waals surface area contributed by atoms with E-state index in [9.17, 15) is 5.11 Å². The second-order valence-electron chi connectivity index (χ2n) is 2.74. The maximum Gasteiger partial charge on any atom is 0.0851 e. The van der Waals surface area contributed by atoms with E-state index in [1.807, 2.05) is 0 Å². The number of aliphatic hydroxyl groups excluding tert-OH is 1. The summed E-state index contributed by atoms with van der Waals surface area (Å²) in [6.45, 7) is 0. The standard InChI is InChI=1S/C8H13BrO/c9-7-5-3-1-2-4-6-8(7)10/h5,8,10H,1-4,6H2/b7-5+. The van der Waals surface area contributed by atoms with Gasteiger partial charge in [-0.25, -0.2) is 0 Å². The van der Waals surface area contributed by atoms with Crippen molar-refractivity contribution in [1.82, 2.24) is 0 Å². The van der Waals surface area contributed by atoms with Gasteiger partial charge in [-0.05, 0) is 19.3 Å². The highest BCUT2D eigenvalue weighted by atomic mass is 79.9. The van der Waals surface area contributed by atoms with Crippen molar-refractivity contribution in [1.29, 1.82) is 0 Å². The van der Waals surface area contributed by atoms with Crippen LogP contribution in [-0.2, 0) is 0 Å². The molecule has 0 aliphatic heterocycles. The minimum absolute atomic E-state index is 0.236. The normalized spacial score (nSPS) is 33.8. The topological polar surface area (TPSA) is 20.2 Å². The lowest BCUT2D eigenvalue weighted by molar-refractivity contribution is 0.203. The van der Waals surface area contributed by atoms with Crippen LogP contribution in [-0.4, -0.2) is 11.2 Å². The third-order valence-corrected chi connectivity index (χ3v) is 2.69. The minimum atomic E-state index is -0.236. The Hall–Kier alpha value is 0.180. The Morgan fingerprint density at radius 1 is 1.40 bits per heavy atom. The third-order valence-electron chi connectivity index (χ3n) is 1.84. The zero-order valence-electron chi connectivity index (χ0n) is 6.02. The van der Waals surface area contributed by atoms with Crippen LogP contribution in [0.4, 0.5) is 0 Å². The van der Waals surface area contributed by atoms with Crippen LogP contribution in [0.25, 0.3) is 0 Å². The molecule has 0 bridgehead atoms. The van der Waals surface area contributed by atoms with Crippen molar-refractivity contribution in [2.75, 3.05) is 0 Å². The molecule has 0 spiro atoms. The van der Waals surface area contributed by atoms with Crippen molar-refractivity contribution in [2.24, 2.45) is 0 Å². The van der Waals surface area contributed by atoms with Gasteiger partial charge in [-0.2, -0.15) is 0 Å². The molecule has 0 aromatic carbocycles. The molecule has 58 valence electrons. The average molecular weight is 205 g/mol. The monoisotopic (exact) mass is 204 g/mol. The average Bonchev–Trinajstić information content (AvgIpc) is 1.92. The van der Waals surface area contributed by atoms with Gasteiger partial charge in [-0.3, -0.25) is 0 Å². The summed E-state index contributed by atoms with van der Waals surface area (Å²) in [6.07, 6.45) is 7.55. The van der Waals surface area contributed by atoms with Crippen LogP contribution in [0.1, 0.15) is 32.1 Å². The predicted molar refractivity (Wildman–Crippen MR) is 46.1 cm³/mol. The van der Waals surface area contributed by atoms with E-state index in [-0.39, 0.29) is 6.10 Å². The first-order valence-electron chi connectivity index (χ1n) is 3.84. The molecule has 1 nitrogen and oxygen atoms in total. The minimum Gasteiger partial charge on any atom is -0.388 e. The van der Waals surface area contributed by atoms with E-state index < -0.39 is 0 Å². The number of allylic oxidation sites excluding steroid dienone is 1. The van der Waals surface area contributed by atoms with Gasteiger partial charge in [-0.1, -0.05) is 34.8 Å². The Morgan fingerprint density at radius 2 is 2.20 bits per heavy atom. The second-order valence-corrected chi connectivity index (χ2v) is 3.66. The van der Waals surface area contributed by atoms with E-state index in [4.69, 9.17) is 0 Å². The van der Waals surface area contributed by atoms with Crippen LogP contribution >= 0.6 is 15.9 Å². The van der Waals surface area contributed by atoms with Gasteiger partial charge in [-0.15, -0.1) is 0 Å². The second kappa shape index (κ2) is 4.14. The van der Waals surface area contributed by atoms with Crippen LogP contribution in [0.15, 0.2) is 10.6 Å². The largest absolute Gasteiger partial charge is 0.388 e. The van der Waals surface area contributed by atoms with Gasteiger partial charge >= 0.3 is 0 Å². The maximum atomic E-state index is 9.37. The molecule has 1 N–H and O–H groups in total. The van der Waals surface area contributed by atoms with Crippen molar-refractivity contribution in [3.8, 4) is 0 Å². The summed E-state index contributed by atoms with van der Waals surface area (Å²) in [5.74, 6) is 0. The maximum absolute atomic E-state index is 9.37. The van der Waals surface area contributed by atoms with Crippen molar-refractivity contribution < 1.29 is 5.11 Å². The molecule has 0 aromatic heterocycles. The highest BCUT2D eigenvalue weighted by molar-refractivity contribution is 9.11. The molecule has 1 atom stereocenters. The lowest BCUT2D eigenvalue weighted by atomic mass is 10.0. The van der Waals surface area contributed by atoms with E-state index in [0.29, 0.717) is 0 Å². The molecule has 2 heteroatoms. The zero-order valence-corrected chi connectivity index (χ0v) is 7.60. The smallest absolute Gasteiger partial charge is 0.0851 e. The number of aliphatic hydroxyl groups is 1. The Labute approximate surface area is 70.3 Å². The molecule has 1 aliphatic rings. The molecule has 0 fully saturated rings. The zero-order chi connectivity index (χ0) is 7.40. The molecule has 0 radical (unpaired) electrons. The Bertz CT molecular complexity index is 131. The summed E-state index contributed by atoms with van der Waals surface area (Å²) in [4.78, 5) is 0. The molecular formula is C8H13BrO. The van der Waals surface area contributed by atoms with Gasteiger partial charge in [0.1, 0.15) is 0 Å². The van der Waals surface area contributed by atoms with Crippen LogP contribution in [0, 0.1) is 0 Å². The van der Waals surface area contributed by atoms with Gasteiger partial charge in [0, 0.05) is 4.48 Å². The number of halogens is 1. The molecular weight excluding hydrogens is 192 g/mol. The SMILES string of the molecule is OC1CCCCC/C=C\1Br. The van der Waals surface area contributed by atoms with E-state index in [1.165, 1.54) is 12.8 Å². The van der Waals surface area contributed by atoms with Crippen molar-refractivity contribution in [3.05, 3.63) is 10.6 Å². The fraction of sp³-hybridized carbons (Fsp3) is 0.750. The first-order chi connectivity index (χ1) is 4.80. The van der Waals surface area contributed by atoms with E-state index in [2.05, 4.69) is 22.0 Å². The summed E-state index contributed by atoms with van der Waals surface area (Å²) in [5.41, 5.74) is 0. The lowest BCUT2D eigenvalue weighted by Crippen LogP contribution is -2.07. The summed E-state index contributed by atoms with van der Waals surface area (Å²) >= 11 is 3.35. The lowest BCUT2D eigenvalue weighted by Gasteiger charge is -2.12. The molecule has 0 heterocycles. The van der Waals surface area contributed by atoms with Crippen LogP contribution < -0.4 is 0 Å². The number of hydrogen-bond donors (Lipinski definition) is 1. The summed E-state index contributed by atoms with van der Waals surface area (Å²) < 4.78 is 0.979. The van der Waals surface area contributed by atoms with Gasteiger partial charge in [0.05, 0.1) is 6.10 Å². The predicted octanol–water partition coefficient (Wildman–Crippen LogP) is 2.59. The van der Waals surface area contributed by atoms with Gasteiger partial charge in [0.25, 0.3) is 0 Å². The summed E-state index contributed by atoms with van der Waals surface area (Å²) in [6, 6.07) is 0. The quantitative estimate of drug-likeness (QED) is 0.644. The molecule has 1 rings (SSSR count). The fourth-order valence-corrected chi connectivity index (χ4v) is 1.63. The molecule has 1 aliphatic carbocycles. The summed E-state index contributed by atoms with van der Waals surface area (Å²) in [7, 11) is 0. The molecule has 0 saturated carbocycles. The Morgan fingerprint density at radius 3 is 3.00 bits per heavy atom. The van der Waals surface area contributed by atoms with Crippen LogP contribution in [0.3, 0.4) is 0 Å². The van der Waals surface area contributed by atoms with Crippen molar-refractivity contribution >= 4 is 15.9 Å². The van der Waals surface area contributed by atoms with Crippen LogP contribution in [0.2, 0.25) is 0 Å². The first-order valence-corrected chi connectivity index (χ1v) is 4.63. The Kier molecular flexibility index (Phi) is 3.43. The molecule has 0 aromatic rings. The van der Waals surface area contributed by atoms with E-state index in [0.717, 1.165) is 23.7 Å². The molecule has 0 saturated heterocycles.